The van der Waals surface area contributed by atoms with E-state index in [2.05, 4.69) is 53.4 Å². The van der Waals surface area contributed by atoms with Gasteiger partial charge in [-0.1, -0.05) is 54.6 Å². The lowest BCUT2D eigenvalue weighted by Crippen LogP contribution is -2.53. The molecule has 2 unspecified atom stereocenters. The fraction of sp³-hybridized carbons (Fsp3) is 0.333. The van der Waals surface area contributed by atoms with Gasteiger partial charge in [0.1, 0.15) is 5.75 Å². The van der Waals surface area contributed by atoms with Crippen molar-refractivity contribution in [1.29, 1.82) is 0 Å². The maximum absolute atomic E-state index is 5.83. The zero-order valence-corrected chi connectivity index (χ0v) is 14.0. The molecule has 3 heteroatoms. The Labute approximate surface area is 143 Å². The number of ether oxygens (including phenoxy) is 2. The largest absolute Gasteiger partial charge is 0.496 e. The highest BCUT2D eigenvalue weighted by atomic mass is 16.5. The summed E-state index contributed by atoms with van der Waals surface area (Å²) in [7, 11) is 1.74. The summed E-state index contributed by atoms with van der Waals surface area (Å²) in [6.07, 6.45) is 3.38. The minimum Gasteiger partial charge on any atom is -0.496 e. The molecular weight excluding hydrogens is 298 g/mol. The second-order valence-electron chi connectivity index (χ2n) is 6.51. The van der Waals surface area contributed by atoms with Crippen LogP contribution in [-0.4, -0.2) is 37.3 Å². The maximum Gasteiger partial charge on any atom is 0.126 e. The van der Waals surface area contributed by atoms with Gasteiger partial charge in [-0.25, -0.2) is 0 Å². The smallest absolute Gasteiger partial charge is 0.126 e. The average molecular weight is 321 g/mol. The number of hydrogen-bond acceptors (Lipinski definition) is 3. The third-order valence-electron chi connectivity index (χ3n) is 5.00. The van der Waals surface area contributed by atoms with E-state index in [-0.39, 0.29) is 0 Å². The normalized spacial score (nSPS) is 23.6. The third kappa shape index (κ3) is 2.97. The molecule has 24 heavy (non-hydrogen) atoms. The van der Waals surface area contributed by atoms with Gasteiger partial charge in [0.25, 0.3) is 0 Å². The first-order chi connectivity index (χ1) is 11.8. The highest BCUT2D eigenvalue weighted by molar-refractivity contribution is 5.72. The molecule has 0 spiro atoms. The van der Waals surface area contributed by atoms with Crippen molar-refractivity contribution in [2.75, 3.05) is 20.3 Å². The van der Waals surface area contributed by atoms with Crippen LogP contribution in [0.4, 0.5) is 0 Å². The molecule has 1 fully saturated rings. The van der Waals surface area contributed by atoms with Gasteiger partial charge in [0, 0.05) is 18.2 Å². The van der Waals surface area contributed by atoms with Gasteiger partial charge in [-0.3, -0.25) is 4.90 Å². The Morgan fingerprint density at radius 3 is 2.62 bits per heavy atom. The van der Waals surface area contributed by atoms with Gasteiger partial charge < -0.3 is 9.47 Å². The molecule has 2 atom stereocenters. The van der Waals surface area contributed by atoms with Crippen LogP contribution in [0.2, 0.25) is 0 Å². The molecule has 1 saturated heterocycles. The van der Waals surface area contributed by atoms with E-state index >= 15 is 0 Å². The molecule has 2 bridgehead atoms. The summed E-state index contributed by atoms with van der Waals surface area (Å²) in [5.74, 6) is 0.958. The summed E-state index contributed by atoms with van der Waals surface area (Å²) in [5, 5.41) is 0. The van der Waals surface area contributed by atoms with Crippen molar-refractivity contribution in [2.24, 2.45) is 0 Å². The predicted octanol–water partition coefficient (Wildman–Crippen LogP) is 3.75. The summed E-state index contributed by atoms with van der Waals surface area (Å²) in [6.45, 7) is 2.55. The maximum atomic E-state index is 5.83. The molecule has 2 aromatic carbocycles. The summed E-state index contributed by atoms with van der Waals surface area (Å²) < 4.78 is 11.4. The minimum atomic E-state index is 0.331. The van der Waals surface area contributed by atoms with Gasteiger partial charge >= 0.3 is 0 Å². The van der Waals surface area contributed by atoms with Crippen molar-refractivity contribution < 1.29 is 9.47 Å². The highest BCUT2D eigenvalue weighted by Gasteiger charge is 2.35. The number of hydrogen-bond donors (Lipinski definition) is 0. The molecule has 2 aliphatic rings. The summed E-state index contributed by atoms with van der Waals surface area (Å²) in [6, 6.07) is 19.8. The van der Waals surface area contributed by atoms with E-state index in [4.69, 9.17) is 9.47 Å². The molecule has 2 aromatic rings. The lowest BCUT2D eigenvalue weighted by atomic mass is 9.89. The molecule has 0 amide bonds. The molecule has 0 N–H and O–H groups in total. The van der Waals surface area contributed by atoms with Crippen molar-refractivity contribution >= 4 is 5.57 Å². The van der Waals surface area contributed by atoms with Crippen LogP contribution in [0.25, 0.3) is 5.57 Å². The van der Waals surface area contributed by atoms with Crippen molar-refractivity contribution in [3.63, 3.8) is 0 Å². The highest BCUT2D eigenvalue weighted by Crippen LogP contribution is 2.36. The van der Waals surface area contributed by atoms with Crippen molar-refractivity contribution in [3.05, 3.63) is 71.8 Å². The number of nitrogens with zero attached hydrogens (tertiary/aromatic N) is 1. The number of fused-ring (bicyclic) bond motifs is 2. The number of morpholine rings is 1. The fourth-order valence-corrected chi connectivity index (χ4v) is 3.81. The van der Waals surface area contributed by atoms with Crippen LogP contribution in [-0.2, 0) is 11.3 Å². The molecule has 4 rings (SSSR count). The summed E-state index contributed by atoms with van der Waals surface area (Å²) in [5.41, 5.74) is 3.97. The van der Waals surface area contributed by atoms with Crippen molar-refractivity contribution in [3.8, 4) is 5.75 Å². The van der Waals surface area contributed by atoms with E-state index in [0.29, 0.717) is 12.1 Å². The zero-order chi connectivity index (χ0) is 16.4. The summed E-state index contributed by atoms with van der Waals surface area (Å²) >= 11 is 0. The van der Waals surface area contributed by atoms with Crippen LogP contribution in [0, 0.1) is 0 Å². The van der Waals surface area contributed by atoms with Crippen LogP contribution in [0.5, 0.6) is 5.75 Å². The number of benzene rings is 2. The Bertz CT molecular complexity index is 726. The molecular formula is C21H23NO2. The second kappa shape index (κ2) is 6.80. The lowest BCUT2D eigenvalue weighted by Gasteiger charge is -2.45. The first-order valence-corrected chi connectivity index (χ1v) is 8.56. The first kappa shape index (κ1) is 15.4. The van der Waals surface area contributed by atoms with Crippen molar-refractivity contribution in [2.45, 2.75) is 25.0 Å². The zero-order valence-electron chi connectivity index (χ0n) is 14.0. The van der Waals surface area contributed by atoms with Gasteiger partial charge in [0.05, 0.1) is 26.4 Å². The van der Waals surface area contributed by atoms with Crippen LogP contribution in [0.15, 0.2) is 60.7 Å². The van der Waals surface area contributed by atoms with Crippen molar-refractivity contribution in [1.82, 2.24) is 4.90 Å². The molecule has 2 aliphatic heterocycles. The predicted molar refractivity (Wildman–Crippen MR) is 96.0 cm³/mol. The summed E-state index contributed by atoms with van der Waals surface area (Å²) in [4.78, 5) is 2.58. The fourth-order valence-electron chi connectivity index (χ4n) is 3.81. The number of rotatable bonds is 4. The lowest BCUT2D eigenvalue weighted by molar-refractivity contribution is -0.0403. The van der Waals surface area contributed by atoms with Crippen LogP contribution >= 0.6 is 0 Å². The van der Waals surface area contributed by atoms with E-state index in [1.165, 1.54) is 16.7 Å². The molecule has 0 saturated carbocycles. The number of methoxy groups -OCH3 is 1. The first-order valence-electron chi connectivity index (χ1n) is 8.56. The van der Waals surface area contributed by atoms with Gasteiger partial charge in [-0.15, -0.1) is 0 Å². The average Bonchev–Trinajstić information content (AvgIpc) is 2.62. The van der Waals surface area contributed by atoms with E-state index in [9.17, 15) is 0 Å². The Morgan fingerprint density at radius 2 is 1.83 bits per heavy atom. The molecule has 0 radical (unpaired) electrons. The van der Waals surface area contributed by atoms with E-state index in [0.717, 1.165) is 31.9 Å². The molecule has 2 heterocycles. The van der Waals surface area contributed by atoms with Crippen LogP contribution < -0.4 is 4.74 Å². The Hall–Kier alpha value is -2.10. The van der Waals surface area contributed by atoms with E-state index < -0.39 is 0 Å². The van der Waals surface area contributed by atoms with Gasteiger partial charge in [0.2, 0.25) is 0 Å². The van der Waals surface area contributed by atoms with E-state index in [1.54, 1.807) is 7.11 Å². The standard InChI is InChI=1S/C21H23NO2/c1-23-21-10-6-5-9-20(21)17-11-18-14-24-15-19(12-17)22(18)13-16-7-3-2-4-8-16/h2-11,18-19H,12-15H2,1H3. The molecule has 0 aliphatic carbocycles. The monoisotopic (exact) mass is 321 g/mol. The van der Waals surface area contributed by atoms with Crippen LogP contribution in [0.1, 0.15) is 17.5 Å². The third-order valence-corrected chi connectivity index (χ3v) is 5.00. The number of para-hydroxylation sites is 1. The Morgan fingerprint density at radius 1 is 1.04 bits per heavy atom. The van der Waals surface area contributed by atoms with Gasteiger partial charge in [-0.2, -0.15) is 0 Å². The molecule has 124 valence electrons. The minimum absolute atomic E-state index is 0.331. The Balaban J connectivity index is 1.62. The second-order valence-corrected chi connectivity index (χ2v) is 6.51. The topological polar surface area (TPSA) is 21.7 Å². The molecule has 0 aromatic heterocycles. The quantitative estimate of drug-likeness (QED) is 0.856. The van der Waals surface area contributed by atoms with Gasteiger partial charge in [0.15, 0.2) is 0 Å². The molecule has 3 nitrogen and oxygen atoms in total. The van der Waals surface area contributed by atoms with E-state index in [1.807, 2.05) is 12.1 Å². The SMILES string of the molecule is COc1ccccc1C1=CC2COCC(C1)N2Cc1ccccc1. The van der Waals surface area contributed by atoms with Gasteiger partial charge in [-0.05, 0) is 23.6 Å². The Kier molecular flexibility index (Phi) is 4.37. The van der Waals surface area contributed by atoms with Crippen LogP contribution in [0.3, 0.4) is 0 Å².